The third-order valence-corrected chi connectivity index (χ3v) is 9.77. The molecule has 214 valence electrons. The van der Waals surface area contributed by atoms with Crippen LogP contribution in [0.15, 0.2) is 59.5 Å². The number of sulfonamides is 1. The number of nitrogens with two attached hydrogens (primary N) is 2. The molecule has 3 aromatic rings. The maximum absolute atomic E-state index is 13.6. The van der Waals surface area contributed by atoms with Crippen LogP contribution in [-0.4, -0.2) is 43.5 Å². The van der Waals surface area contributed by atoms with Gasteiger partial charge in [-0.05, 0) is 80.6 Å². The van der Waals surface area contributed by atoms with Gasteiger partial charge in [-0.25, -0.2) is 14.3 Å². The molecule has 5 N–H and O–H groups in total. The second-order valence-corrected chi connectivity index (χ2v) is 12.7. The lowest BCUT2D eigenvalue weighted by molar-refractivity contribution is -0.147. The van der Waals surface area contributed by atoms with Gasteiger partial charge in [0.15, 0.2) is 0 Å². The molecule has 0 fully saturated rings. The lowest BCUT2D eigenvalue weighted by Gasteiger charge is -2.34. The minimum Gasteiger partial charge on any atom is -0.491 e. The summed E-state index contributed by atoms with van der Waals surface area (Å²) in [6, 6.07) is 16.1. The van der Waals surface area contributed by atoms with E-state index in [0.717, 1.165) is 27.8 Å². The summed E-state index contributed by atoms with van der Waals surface area (Å²) >= 11 is 0. The third kappa shape index (κ3) is 5.26. The number of carboxylic acids is 1. The number of ether oxygens (including phenoxy) is 1. The Hall–Kier alpha value is -3.60. The van der Waals surface area contributed by atoms with Crippen LogP contribution in [0.1, 0.15) is 54.5 Å². The summed E-state index contributed by atoms with van der Waals surface area (Å²) in [7, 11) is -3.81. The number of aryl methyl sites for hydroxylation is 1. The van der Waals surface area contributed by atoms with Crippen molar-refractivity contribution in [1.82, 2.24) is 4.31 Å². The average Bonchev–Trinajstić information content (AvgIpc) is 3.03. The van der Waals surface area contributed by atoms with Gasteiger partial charge in [0.05, 0.1) is 16.8 Å². The largest absolute Gasteiger partial charge is 0.491 e. The monoisotopic (exact) mass is 566 g/mol. The Morgan fingerprint density at radius 1 is 1.15 bits per heavy atom. The molecule has 4 rings (SSSR count). The number of carboxylic acid groups (broad SMARTS) is 1. The molecule has 1 unspecified atom stereocenters. The topological polar surface area (TPSA) is 139 Å². The summed E-state index contributed by atoms with van der Waals surface area (Å²) in [4.78, 5) is 12.7. The van der Waals surface area contributed by atoms with Crippen molar-refractivity contribution in [2.75, 3.05) is 30.4 Å². The third-order valence-electron chi connectivity index (χ3n) is 7.89. The lowest BCUT2D eigenvalue weighted by Crippen LogP contribution is -2.34. The van der Waals surface area contributed by atoms with Crippen LogP contribution in [0.2, 0.25) is 0 Å². The van der Waals surface area contributed by atoms with Crippen molar-refractivity contribution in [3.63, 3.8) is 0 Å². The van der Waals surface area contributed by atoms with E-state index in [-0.39, 0.29) is 24.6 Å². The molecule has 0 aromatic heterocycles. The maximum Gasteiger partial charge on any atom is 0.310 e. The predicted molar refractivity (Wildman–Crippen MR) is 157 cm³/mol. The first-order valence-electron chi connectivity index (χ1n) is 13.3. The zero-order valence-corrected chi connectivity index (χ0v) is 24.5. The van der Waals surface area contributed by atoms with E-state index in [2.05, 4.69) is 0 Å². The van der Waals surface area contributed by atoms with Crippen LogP contribution >= 0.6 is 0 Å². The number of rotatable bonds is 8. The summed E-state index contributed by atoms with van der Waals surface area (Å²) in [6.07, 6.45) is 0. The molecule has 0 bridgehead atoms. The summed E-state index contributed by atoms with van der Waals surface area (Å²) in [5.74, 6) is 4.93. The molecule has 9 nitrogen and oxygen atoms in total. The molecule has 0 aliphatic carbocycles. The van der Waals surface area contributed by atoms with Gasteiger partial charge in [-0.2, -0.15) is 4.31 Å². The summed E-state index contributed by atoms with van der Waals surface area (Å²) < 4.78 is 34.3. The number of hydrazine groups is 1. The van der Waals surface area contributed by atoms with Gasteiger partial charge in [0.1, 0.15) is 17.3 Å². The Kier molecular flexibility index (Phi) is 8.16. The van der Waals surface area contributed by atoms with E-state index in [1.807, 2.05) is 51.1 Å². The maximum atomic E-state index is 13.6. The molecule has 3 aromatic carbocycles. The Labute approximate surface area is 236 Å². The van der Waals surface area contributed by atoms with Crippen LogP contribution in [0.25, 0.3) is 0 Å². The van der Waals surface area contributed by atoms with Gasteiger partial charge in [0, 0.05) is 25.6 Å². The van der Waals surface area contributed by atoms with E-state index in [0.29, 0.717) is 23.7 Å². The fourth-order valence-corrected chi connectivity index (χ4v) is 6.80. The molecule has 1 heterocycles. The van der Waals surface area contributed by atoms with E-state index in [9.17, 15) is 18.3 Å². The molecule has 0 radical (unpaired) electrons. The summed E-state index contributed by atoms with van der Waals surface area (Å²) in [6.45, 7) is 10.2. The first-order chi connectivity index (χ1) is 18.8. The van der Waals surface area contributed by atoms with E-state index >= 15 is 0 Å². The van der Waals surface area contributed by atoms with Crippen LogP contribution in [0, 0.1) is 19.3 Å². The number of nitrogens with zero attached hydrogens (tertiary/aromatic N) is 2. The molecule has 1 aliphatic heterocycles. The highest BCUT2D eigenvalue weighted by molar-refractivity contribution is 7.89. The molecule has 0 saturated heterocycles. The van der Waals surface area contributed by atoms with Crippen molar-refractivity contribution < 1.29 is 23.1 Å². The Morgan fingerprint density at radius 3 is 2.52 bits per heavy atom. The van der Waals surface area contributed by atoms with E-state index in [1.165, 1.54) is 4.31 Å². The number of anilines is 2. The van der Waals surface area contributed by atoms with Crippen molar-refractivity contribution in [2.45, 2.75) is 52.0 Å². The Balaban J connectivity index is 1.81. The lowest BCUT2D eigenvalue weighted by atomic mass is 9.69. The smallest absolute Gasteiger partial charge is 0.310 e. The van der Waals surface area contributed by atoms with Gasteiger partial charge in [-0.3, -0.25) is 4.79 Å². The highest BCUT2D eigenvalue weighted by atomic mass is 32.2. The van der Waals surface area contributed by atoms with Gasteiger partial charge in [-0.15, -0.1) is 0 Å². The second-order valence-electron chi connectivity index (χ2n) is 10.8. The number of aliphatic carboxylic acids is 1. The molecule has 1 aliphatic rings. The van der Waals surface area contributed by atoms with Crippen molar-refractivity contribution in [2.24, 2.45) is 11.3 Å². The number of para-hydroxylation sites is 1. The number of carbonyl (C=O) groups is 1. The van der Waals surface area contributed by atoms with Gasteiger partial charge in [0.2, 0.25) is 10.0 Å². The molecule has 0 spiro atoms. The molecule has 0 amide bonds. The summed E-state index contributed by atoms with van der Waals surface area (Å²) in [5, 5.41) is 11.8. The number of hydrogen-bond acceptors (Lipinski definition) is 7. The number of nitrogen functional groups attached to an aromatic ring is 1. The minimum absolute atomic E-state index is 0.124. The number of benzene rings is 3. The Morgan fingerprint density at radius 2 is 1.85 bits per heavy atom. The van der Waals surface area contributed by atoms with Crippen molar-refractivity contribution in [1.29, 1.82) is 0 Å². The quantitative estimate of drug-likeness (QED) is 0.207. The normalized spacial score (nSPS) is 15.9. The van der Waals surface area contributed by atoms with Crippen molar-refractivity contribution >= 4 is 27.4 Å². The highest BCUT2D eigenvalue weighted by Gasteiger charge is 2.40. The number of fused-ring (bicyclic) bond motifs is 1. The van der Waals surface area contributed by atoms with E-state index in [4.69, 9.17) is 16.3 Å². The van der Waals surface area contributed by atoms with Crippen LogP contribution in [0.3, 0.4) is 0 Å². The molecule has 0 saturated carbocycles. The van der Waals surface area contributed by atoms with Crippen LogP contribution in [0.5, 0.6) is 5.75 Å². The minimum atomic E-state index is -3.81. The number of hydrogen-bond donors (Lipinski definition) is 3. The predicted octanol–water partition coefficient (Wildman–Crippen LogP) is 4.41. The van der Waals surface area contributed by atoms with Crippen LogP contribution in [-0.2, 0) is 21.4 Å². The molecule has 40 heavy (non-hydrogen) atoms. The van der Waals surface area contributed by atoms with Gasteiger partial charge in [-0.1, -0.05) is 36.4 Å². The van der Waals surface area contributed by atoms with Gasteiger partial charge >= 0.3 is 5.97 Å². The molecule has 1 atom stereocenters. The second kappa shape index (κ2) is 11.1. The summed E-state index contributed by atoms with van der Waals surface area (Å²) in [5.41, 5.74) is 10.4. The highest BCUT2D eigenvalue weighted by Crippen LogP contribution is 2.45. The van der Waals surface area contributed by atoms with E-state index in [1.54, 1.807) is 43.1 Å². The first-order valence-corrected chi connectivity index (χ1v) is 14.7. The average molecular weight is 567 g/mol. The SMILES string of the molecule is CCN(N)c1ccc(C(c2ccc(C)c(CN3CCOc4ccccc4S3(=O)=O)c2)C(C)(C)C(=O)O)c(C)c1N. The van der Waals surface area contributed by atoms with Crippen molar-refractivity contribution in [3.8, 4) is 5.75 Å². The van der Waals surface area contributed by atoms with Gasteiger partial charge in [0.25, 0.3) is 0 Å². The molecular weight excluding hydrogens is 528 g/mol. The fourth-order valence-electron chi connectivity index (χ4n) is 5.27. The fraction of sp³-hybridized carbons (Fsp3) is 0.367. The van der Waals surface area contributed by atoms with Gasteiger partial charge < -0.3 is 20.6 Å². The molecule has 10 heteroatoms. The van der Waals surface area contributed by atoms with Crippen molar-refractivity contribution in [3.05, 3.63) is 82.4 Å². The zero-order valence-electron chi connectivity index (χ0n) is 23.6. The Bertz CT molecular complexity index is 1540. The van der Waals surface area contributed by atoms with Crippen LogP contribution in [0.4, 0.5) is 11.4 Å². The van der Waals surface area contributed by atoms with Crippen LogP contribution < -0.4 is 21.3 Å². The zero-order chi connectivity index (χ0) is 29.4. The molecular formula is C30H38N4O5S. The standard InChI is InChI=1S/C30H38N4O5S/c1-6-34(32)24-14-13-23(20(3)28(24)31)27(30(4,5)29(35)36)21-12-11-19(2)22(17-21)18-33-15-16-39-25-9-7-8-10-26(25)40(33,37)38/h7-14,17,27H,6,15-16,18,31-32H2,1-5H3,(H,35,36). The van der Waals surface area contributed by atoms with E-state index < -0.39 is 27.3 Å². The first kappa shape index (κ1) is 29.4.